The Labute approximate surface area is 121 Å². The molecule has 114 valence electrons. The van der Waals surface area contributed by atoms with Crippen molar-refractivity contribution in [2.75, 3.05) is 6.54 Å². The van der Waals surface area contributed by atoms with Crippen LogP contribution in [-0.4, -0.2) is 45.8 Å². The maximum Gasteiger partial charge on any atom is 0.326 e. The molecule has 7 heteroatoms. The molecule has 1 aromatic carbocycles. The largest absolute Gasteiger partial charge is 0.480 e. The predicted molar refractivity (Wildman–Crippen MR) is 72.1 cm³/mol. The number of likely N-dealkylation sites (tertiary alicyclic amines) is 1. The van der Waals surface area contributed by atoms with Gasteiger partial charge in [-0.1, -0.05) is 12.1 Å². The van der Waals surface area contributed by atoms with Crippen molar-refractivity contribution in [2.24, 2.45) is 0 Å². The quantitative estimate of drug-likeness (QED) is 0.779. The number of hydrogen-bond acceptors (Lipinski definition) is 3. The fourth-order valence-corrected chi connectivity index (χ4v) is 2.40. The molecule has 0 spiro atoms. The Balaban J connectivity index is 2.05. The lowest BCUT2D eigenvalue weighted by Crippen LogP contribution is -2.46. The number of urea groups is 1. The zero-order chi connectivity index (χ0) is 15.6. The monoisotopic (exact) mass is 296 g/mol. The first kappa shape index (κ1) is 15.2. The second kappa shape index (κ2) is 6.09. The first-order chi connectivity index (χ1) is 9.88. The standard InChI is InChI=1S/C14H17FN2O4/c1-8(9-3-2-4-10(15)5-9)16-14(21)17-7-11(18)6-12(17)13(19)20/h2-5,8,11-12,18H,6-7H2,1H3,(H,16,21)(H,19,20)/t8?,11?,12-/m0/s1. The summed E-state index contributed by atoms with van der Waals surface area (Å²) in [6, 6.07) is 3.71. The number of carboxylic acid groups (broad SMARTS) is 1. The number of carbonyl (C=O) groups is 2. The lowest BCUT2D eigenvalue weighted by Gasteiger charge is -2.24. The van der Waals surface area contributed by atoms with Gasteiger partial charge >= 0.3 is 12.0 Å². The number of halogens is 1. The van der Waals surface area contributed by atoms with E-state index in [1.807, 2.05) is 0 Å². The van der Waals surface area contributed by atoms with Gasteiger partial charge in [-0.2, -0.15) is 0 Å². The van der Waals surface area contributed by atoms with Gasteiger partial charge in [0.2, 0.25) is 0 Å². The van der Waals surface area contributed by atoms with Crippen molar-refractivity contribution < 1.29 is 24.2 Å². The number of β-amino-alcohol motifs (C(OH)–C–C–N with tert-alkyl or cyclic N) is 1. The van der Waals surface area contributed by atoms with E-state index in [1.165, 1.54) is 18.2 Å². The van der Waals surface area contributed by atoms with Gasteiger partial charge in [0.1, 0.15) is 11.9 Å². The highest BCUT2D eigenvalue weighted by Crippen LogP contribution is 2.20. The molecule has 0 aliphatic carbocycles. The van der Waals surface area contributed by atoms with Crippen LogP contribution in [0.25, 0.3) is 0 Å². The molecule has 21 heavy (non-hydrogen) atoms. The van der Waals surface area contributed by atoms with Gasteiger partial charge in [0.25, 0.3) is 0 Å². The van der Waals surface area contributed by atoms with E-state index in [-0.39, 0.29) is 13.0 Å². The van der Waals surface area contributed by atoms with Crippen LogP contribution >= 0.6 is 0 Å². The third-order valence-electron chi connectivity index (χ3n) is 3.51. The Morgan fingerprint density at radius 3 is 2.81 bits per heavy atom. The molecule has 1 heterocycles. The maximum atomic E-state index is 13.2. The normalized spacial score (nSPS) is 22.9. The summed E-state index contributed by atoms with van der Waals surface area (Å²) in [6.07, 6.45) is -0.835. The highest BCUT2D eigenvalue weighted by atomic mass is 19.1. The average molecular weight is 296 g/mol. The van der Waals surface area contributed by atoms with Crippen LogP contribution in [0.5, 0.6) is 0 Å². The summed E-state index contributed by atoms with van der Waals surface area (Å²) in [4.78, 5) is 24.3. The molecule has 2 rings (SSSR count). The maximum absolute atomic E-state index is 13.2. The van der Waals surface area contributed by atoms with Crippen LogP contribution in [0, 0.1) is 5.82 Å². The molecular formula is C14H17FN2O4. The molecule has 2 unspecified atom stereocenters. The van der Waals surface area contributed by atoms with Gasteiger partial charge in [0, 0.05) is 13.0 Å². The van der Waals surface area contributed by atoms with Crippen LogP contribution in [0.4, 0.5) is 9.18 Å². The third-order valence-corrected chi connectivity index (χ3v) is 3.51. The number of nitrogens with zero attached hydrogens (tertiary/aromatic N) is 1. The first-order valence-electron chi connectivity index (χ1n) is 6.62. The van der Waals surface area contributed by atoms with Crippen LogP contribution < -0.4 is 5.32 Å². The van der Waals surface area contributed by atoms with Gasteiger partial charge in [-0.05, 0) is 24.6 Å². The van der Waals surface area contributed by atoms with E-state index in [0.29, 0.717) is 5.56 Å². The van der Waals surface area contributed by atoms with E-state index in [1.54, 1.807) is 13.0 Å². The molecule has 0 bridgehead atoms. The molecule has 3 atom stereocenters. The SMILES string of the molecule is CC(NC(=O)N1CC(O)C[C@H]1C(=O)O)c1cccc(F)c1. The number of amides is 2. The molecule has 3 N–H and O–H groups in total. The molecule has 0 aromatic heterocycles. The van der Waals surface area contributed by atoms with Crippen molar-refractivity contribution in [3.63, 3.8) is 0 Å². The zero-order valence-electron chi connectivity index (χ0n) is 11.5. The van der Waals surface area contributed by atoms with Crippen LogP contribution in [0.1, 0.15) is 24.9 Å². The van der Waals surface area contributed by atoms with E-state index in [9.17, 15) is 19.1 Å². The Kier molecular flexibility index (Phi) is 4.42. The highest BCUT2D eigenvalue weighted by Gasteiger charge is 2.39. The smallest absolute Gasteiger partial charge is 0.326 e. The van der Waals surface area contributed by atoms with E-state index < -0.39 is 36.0 Å². The molecule has 2 amide bonds. The number of nitrogens with one attached hydrogen (secondary N) is 1. The molecule has 1 aliphatic rings. The number of carbonyl (C=O) groups excluding carboxylic acids is 1. The van der Waals surface area contributed by atoms with E-state index >= 15 is 0 Å². The van der Waals surface area contributed by atoms with E-state index in [0.717, 1.165) is 4.90 Å². The summed E-state index contributed by atoms with van der Waals surface area (Å²) in [5, 5.41) is 21.2. The molecule has 1 saturated heterocycles. The van der Waals surface area contributed by atoms with Crippen molar-refractivity contribution in [1.29, 1.82) is 0 Å². The van der Waals surface area contributed by atoms with Gasteiger partial charge < -0.3 is 20.4 Å². The minimum absolute atomic E-state index is 0.0110. The topological polar surface area (TPSA) is 89.9 Å². The van der Waals surface area contributed by atoms with Crippen LogP contribution in [0.2, 0.25) is 0 Å². The minimum atomic E-state index is -1.15. The summed E-state index contributed by atoms with van der Waals surface area (Å²) in [5.74, 6) is -1.56. The fourth-order valence-electron chi connectivity index (χ4n) is 2.40. The summed E-state index contributed by atoms with van der Waals surface area (Å²) in [5.41, 5.74) is 0.579. The van der Waals surface area contributed by atoms with Gasteiger partial charge in [-0.15, -0.1) is 0 Å². The van der Waals surface area contributed by atoms with Crippen molar-refractivity contribution in [3.8, 4) is 0 Å². The number of hydrogen-bond donors (Lipinski definition) is 3. The van der Waals surface area contributed by atoms with Crippen molar-refractivity contribution in [2.45, 2.75) is 31.5 Å². The van der Waals surface area contributed by atoms with Crippen molar-refractivity contribution in [3.05, 3.63) is 35.6 Å². The molecule has 0 saturated carbocycles. The van der Waals surface area contributed by atoms with Crippen molar-refractivity contribution >= 4 is 12.0 Å². The number of benzene rings is 1. The van der Waals surface area contributed by atoms with Crippen LogP contribution in [0.3, 0.4) is 0 Å². The second-order valence-corrected chi connectivity index (χ2v) is 5.12. The van der Waals surface area contributed by atoms with E-state index in [4.69, 9.17) is 5.11 Å². The minimum Gasteiger partial charge on any atom is -0.480 e. The van der Waals surface area contributed by atoms with Gasteiger partial charge in [-0.3, -0.25) is 0 Å². The fraction of sp³-hybridized carbons (Fsp3) is 0.429. The van der Waals surface area contributed by atoms with E-state index in [2.05, 4.69) is 5.32 Å². The molecule has 6 nitrogen and oxygen atoms in total. The molecule has 0 radical (unpaired) electrons. The van der Waals surface area contributed by atoms with Gasteiger partial charge in [0.05, 0.1) is 12.1 Å². The highest BCUT2D eigenvalue weighted by molar-refractivity contribution is 5.83. The molecule has 1 aromatic rings. The number of aliphatic hydroxyl groups excluding tert-OH is 1. The summed E-state index contributed by atoms with van der Waals surface area (Å²) < 4.78 is 13.2. The lowest BCUT2D eigenvalue weighted by atomic mass is 10.1. The van der Waals surface area contributed by atoms with Crippen LogP contribution in [-0.2, 0) is 4.79 Å². The number of aliphatic carboxylic acids is 1. The first-order valence-corrected chi connectivity index (χ1v) is 6.62. The zero-order valence-corrected chi connectivity index (χ0v) is 11.5. The Hall–Kier alpha value is -2.15. The van der Waals surface area contributed by atoms with Crippen molar-refractivity contribution in [1.82, 2.24) is 10.2 Å². The Morgan fingerprint density at radius 1 is 1.48 bits per heavy atom. The van der Waals surface area contributed by atoms with Gasteiger partial charge in [-0.25, -0.2) is 14.0 Å². The van der Waals surface area contributed by atoms with Gasteiger partial charge in [0.15, 0.2) is 0 Å². The van der Waals surface area contributed by atoms with Crippen LogP contribution in [0.15, 0.2) is 24.3 Å². The number of carboxylic acids is 1. The summed E-state index contributed by atoms with van der Waals surface area (Å²) in [7, 11) is 0. The average Bonchev–Trinajstić information content (AvgIpc) is 2.81. The lowest BCUT2D eigenvalue weighted by molar-refractivity contribution is -0.141. The summed E-state index contributed by atoms with van der Waals surface area (Å²) >= 11 is 0. The Bertz CT molecular complexity index is 552. The molecule has 1 fully saturated rings. The number of rotatable bonds is 3. The number of aliphatic hydroxyl groups is 1. The third kappa shape index (κ3) is 3.49. The molecular weight excluding hydrogens is 279 g/mol. The summed E-state index contributed by atoms with van der Waals surface area (Å²) in [6.45, 7) is 1.65. The molecule has 1 aliphatic heterocycles. The predicted octanol–water partition coefficient (Wildman–Crippen LogP) is 1.12. The Morgan fingerprint density at radius 2 is 2.19 bits per heavy atom. The second-order valence-electron chi connectivity index (χ2n) is 5.12.